The first kappa shape index (κ1) is 56.3. The molecule has 4 aliphatic rings. The molecule has 73 heavy (non-hydrogen) atoms. The summed E-state index contributed by atoms with van der Waals surface area (Å²) < 4.78 is 3.34. The SMILES string of the molecule is CN[C@@H](C)C(=O)N[C@@H](Cc1cn(CCCn2cc(C[C@H](NC(=O)[C@H](C)NC)C(=O)N3CCC[C@H]3C(=O)N[C@@H]3CCCc4ccccc43)nn2)nn1)C(=O)N1CCC[C@H]1C(=O)NC1CCCc2ccccc21.Cl.Cl. The molecule has 0 bridgehead atoms. The normalized spacial score (nSPS) is 20.7. The van der Waals surface area contributed by atoms with Crippen LogP contribution in [0.15, 0.2) is 60.9 Å². The highest BCUT2D eigenvalue weighted by Gasteiger charge is 2.41. The smallest absolute Gasteiger partial charge is 0.246 e. The van der Waals surface area contributed by atoms with E-state index in [-0.39, 0.29) is 85.2 Å². The molecule has 2 aliphatic heterocycles. The van der Waals surface area contributed by atoms with Crippen LogP contribution in [-0.2, 0) is 67.5 Å². The summed E-state index contributed by atoms with van der Waals surface area (Å²) in [7, 11) is 3.34. The van der Waals surface area contributed by atoms with Crippen molar-refractivity contribution in [1.82, 2.24) is 71.7 Å². The quantitative estimate of drug-likeness (QED) is 0.0749. The van der Waals surface area contributed by atoms with Crippen LogP contribution in [0.4, 0.5) is 0 Å². The number of aryl methyl sites for hydroxylation is 4. The Labute approximate surface area is 439 Å². The first-order chi connectivity index (χ1) is 34.4. The summed E-state index contributed by atoms with van der Waals surface area (Å²) in [5, 5.41) is 35.5. The molecule has 6 amide bonds. The molecule has 2 saturated heterocycles. The molecule has 0 radical (unpaired) electrons. The van der Waals surface area contributed by atoms with Gasteiger partial charge in [-0.15, -0.1) is 35.0 Å². The molecule has 4 heterocycles. The van der Waals surface area contributed by atoms with Crippen molar-refractivity contribution in [2.45, 2.75) is 159 Å². The van der Waals surface area contributed by atoms with Gasteiger partial charge in [0, 0.05) is 51.4 Å². The lowest BCUT2D eigenvalue weighted by Crippen LogP contribution is -2.56. The monoisotopic (exact) mass is 1050 g/mol. The van der Waals surface area contributed by atoms with Crippen LogP contribution in [0.2, 0.25) is 0 Å². The number of hydrogen-bond donors (Lipinski definition) is 6. The van der Waals surface area contributed by atoms with Crippen LogP contribution in [0.25, 0.3) is 0 Å². The summed E-state index contributed by atoms with van der Waals surface area (Å²) in [5.41, 5.74) is 5.73. The van der Waals surface area contributed by atoms with Crippen molar-refractivity contribution in [3.63, 3.8) is 0 Å². The zero-order valence-corrected chi connectivity index (χ0v) is 43.9. The van der Waals surface area contributed by atoms with Gasteiger partial charge in [-0.25, -0.2) is 0 Å². The highest BCUT2D eigenvalue weighted by Crippen LogP contribution is 2.32. The fourth-order valence-corrected chi connectivity index (χ4v) is 10.5. The number of benzene rings is 2. The second-order valence-corrected chi connectivity index (χ2v) is 19.5. The maximum absolute atomic E-state index is 14.3. The first-order valence-corrected chi connectivity index (χ1v) is 25.5. The molecule has 4 aromatic rings. The van der Waals surface area contributed by atoms with Crippen LogP contribution in [0.5, 0.6) is 0 Å². The molecule has 20 nitrogen and oxygen atoms in total. The molecule has 1 unspecified atom stereocenters. The molecular formula is C51H72Cl2N14O6. The van der Waals surface area contributed by atoms with E-state index in [0.29, 0.717) is 69.7 Å². The van der Waals surface area contributed by atoms with Crippen molar-refractivity contribution in [3.8, 4) is 0 Å². The fourth-order valence-electron chi connectivity index (χ4n) is 10.5. The summed E-state index contributed by atoms with van der Waals surface area (Å²) in [5.74, 6) is -1.75. The zero-order chi connectivity index (χ0) is 50.0. The van der Waals surface area contributed by atoms with Crippen molar-refractivity contribution in [2.24, 2.45) is 0 Å². The molecule has 0 spiro atoms. The third-order valence-electron chi connectivity index (χ3n) is 14.7. The highest BCUT2D eigenvalue weighted by molar-refractivity contribution is 5.95. The number of likely N-dealkylation sites (tertiary alicyclic amines) is 2. The van der Waals surface area contributed by atoms with Crippen LogP contribution in [0.3, 0.4) is 0 Å². The molecule has 8 atom stereocenters. The van der Waals surface area contributed by atoms with Crippen molar-refractivity contribution in [1.29, 1.82) is 0 Å². The Morgan fingerprint density at radius 1 is 0.589 bits per heavy atom. The lowest BCUT2D eigenvalue weighted by molar-refractivity contribution is -0.141. The predicted molar refractivity (Wildman–Crippen MR) is 277 cm³/mol. The molecule has 8 rings (SSSR count). The molecule has 22 heteroatoms. The second kappa shape index (κ2) is 26.3. The van der Waals surface area contributed by atoms with Crippen molar-refractivity contribution in [3.05, 3.63) is 94.6 Å². The second-order valence-electron chi connectivity index (χ2n) is 19.5. The Balaban J connectivity index is 0.00000435. The van der Waals surface area contributed by atoms with E-state index >= 15 is 0 Å². The lowest BCUT2D eigenvalue weighted by atomic mass is 9.87. The predicted octanol–water partition coefficient (Wildman–Crippen LogP) is 2.44. The minimum Gasteiger partial charge on any atom is -0.347 e. The van der Waals surface area contributed by atoms with Crippen molar-refractivity contribution in [2.75, 3.05) is 27.2 Å². The van der Waals surface area contributed by atoms with E-state index in [1.165, 1.54) is 11.1 Å². The zero-order valence-electron chi connectivity index (χ0n) is 42.3. The number of carbonyl (C=O) groups excluding carboxylic acids is 6. The molecule has 0 saturated carbocycles. The van der Waals surface area contributed by atoms with Crippen LogP contribution in [0.1, 0.15) is 117 Å². The largest absolute Gasteiger partial charge is 0.347 e. The molecule has 6 N–H and O–H groups in total. The number of carbonyl (C=O) groups is 6. The van der Waals surface area contributed by atoms with Crippen LogP contribution < -0.4 is 31.9 Å². The first-order valence-electron chi connectivity index (χ1n) is 25.5. The Morgan fingerprint density at radius 3 is 1.41 bits per heavy atom. The molecule has 2 aromatic carbocycles. The van der Waals surface area contributed by atoms with Crippen LogP contribution in [0, 0.1) is 0 Å². The van der Waals surface area contributed by atoms with E-state index in [1.807, 2.05) is 24.3 Å². The van der Waals surface area contributed by atoms with Gasteiger partial charge < -0.3 is 41.7 Å². The minimum atomic E-state index is -0.976. The van der Waals surface area contributed by atoms with Gasteiger partial charge in [-0.3, -0.25) is 38.1 Å². The maximum Gasteiger partial charge on any atom is 0.246 e. The summed E-state index contributed by atoms with van der Waals surface area (Å²) in [6, 6.07) is 11.7. The van der Waals surface area contributed by atoms with Gasteiger partial charge >= 0.3 is 0 Å². The van der Waals surface area contributed by atoms with E-state index < -0.39 is 36.3 Å². The Bertz CT molecular complexity index is 2370. The Morgan fingerprint density at radius 2 is 1.00 bits per heavy atom. The van der Waals surface area contributed by atoms with E-state index in [1.54, 1.807) is 59.5 Å². The third kappa shape index (κ3) is 13.8. The van der Waals surface area contributed by atoms with Crippen LogP contribution >= 0.6 is 24.8 Å². The van der Waals surface area contributed by atoms with E-state index in [0.717, 1.165) is 49.7 Å². The number of aromatic nitrogens is 6. The number of hydrogen-bond acceptors (Lipinski definition) is 12. The third-order valence-corrected chi connectivity index (χ3v) is 14.7. The van der Waals surface area contributed by atoms with Gasteiger partial charge in [-0.05, 0) is 121 Å². The topological polar surface area (TPSA) is 242 Å². The fraction of sp³-hybridized carbons (Fsp3) is 0.569. The van der Waals surface area contributed by atoms with Crippen molar-refractivity contribution < 1.29 is 28.8 Å². The molecule has 2 aromatic heterocycles. The minimum absolute atomic E-state index is 0. The molecule has 396 valence electrons. The molecular weight excluding hydrogens is 976 g/mol. The van der Waals surface area contributed by atoms with Crippen LogP contribution in [-0.4, -0.2) is 139 Å². The maximum atomic E-state index is 14.3. The number of fused-ring (bicyclic) bond motifs is 2. The average molecular weight is 1050 g/mol. The average Bonchev–Trinajstić information content (AvgIpc) is 4.24. The molecule has 2 aliphatic carbocycles. The van der Waals surface area contributed by atoms with E-state index in [2.05, 4.69) is 76.8 Å². The van der Waals surface area contributed by atoms with Gasteiger partial charge in [0.2, 0.25) is 35.4 Å². The standard InChI is InChI=1S/C51H70N14O6.2ClH/c1-32(52-3)46(66)56-42(50(70)64-26-11-22-44(64)48(68)54-40-20-9-16-34-14-5-7-18-38(34)40)28-36-30-62(60-58-36)24-13-25-63-31-37(59-61-63)29-43(57-47(67)33(2)53-4)51(71)65-27-12-23-45(65)49(69)55-41-21-10-17-35-15-6-8-19-39(35)41;;/h5-8,14-15,18-19,30-33,40-45,52-53H,9-13,16-17,20-29H2,1-4H3,(H,54,68)(H,55,69)(H,56,66)(H,57,67);2*1H/t32-,33-,40+,41?,42-,43-,44-,45-;;/m0../s1. The van der Waals surface area contributed by atoms with Gasteiger partial charge in [0.1, 0.15) is 24.2 Å². The van der Waals surface area contributed by atoms with Gasteiger partial charge in [0.25, 0.3) is 0 Å². The van der Waals surface area contributed by atoms with Crippen molar-refractivity contribution >= 4 is 60.3 Å². The number of halogens is 2. The highest BCUT2D eigenvalue weighted by atomic mass is 35.5. The van der Waals surface area contributed by atoms with Gasteiger partial charge in [0.15, 0.2) is 0 Å². The summed E-state index contributed by atoms with van der Waals surface area (Å²) >= 11 is 0. The lowest BCUT2D eigenvalue weighted by Gasteiger charge is -2.31. The number of amides is 6. The van der Waals surface area contributed by atoms with E-state index in [4.69, 9.17) is 0 Å². The van der Waals surface area contributed by atoms with Gasteiger partial charge in [-0.1, -0.05) is 59.0 Å². The Hall–Kier alpha value is -5.96. The Kier molecular flexibility index (Phi) is 20.3. The molecule has 2 fully saturated rings. The number of rotatable bonds is 20. The van der Waals surface area contributed by atoms with Gasteiger partial charge in [-0.2, -0.15) is 0 Å². The number of likely N-dealkylation sites (N-methyl/N-ethyl adjacent to an activating group) is 2. The summed E-state index contributed by atoms with van der Waals surface area (Å²) in [6.07, 6.45) is 12.2. The summed E-state index contributed by atoms with van der Waals surface area (Å²) in [4.78, 5) is 85.9. The number of nitrogens with one attached hydrogen (secondary N) is 6. The van der Waals surface area contributed by atoms with E-state index in [9.17, 15) is 28.8 Å². The number of nitrogens with zero attached hydrogens (tertiary/aromatic N) is 8. The summed E-state index contributed by atoms with van der Waals surface area (Å²) in [6.45, 7) is 5.13. The van der Waals surface area contributed by atoms with Gasteiger partial charge in [0.05, 0.1) is 35.6 Å².